The van der Waals surface area contributed by atoms with Crippen molar-refractivity contribution in [3.8, 4) is 0 Å². The maximum Gasteiger partial charge on any atom is 0.308 e. The van der Waals surface area contributed by atoms with E-state index >= 15 is 0 Å². The quantitative estimate of drug-likeness (QED) is 0.908. The van der Waals surface area contributed by atoms with E-state index in [4.69, 9.17) is 16.7 Å². The minimum absolute atomic E-state index is 0.138. The molecule has 2 aromatic rings. The van der Waals surface area contributed by atoms with Crippen molar-refractivity contribution in [2.45, 2.75) is 26.8 Å². The summed E-state index contributed by atoms with van der Waals surface area (Å²) in [5.74, 6) is -1.46. The van der Waals surface area contributed by atoms with Crippen LogP contribution >= 0.6 is 11.6 Å². The van der Waals surface area contributed by atoms with Crippen molar-refractivity contribution in [2.24, 2.45) is 5.92 Å². The average Bonchev–Trinajstić information content (AvgIpc) is 3.15. The van der Waals surface area contributed by atoms with E-state index in [1.807, 2.05) is 38.1 Å². The highest BCUT2D eigenvalue weighted by molar-refractivity contribution is 6.30. The molecule has 1 atom stereocenters. The lowest BCUT2D eigenvalue weighted by molar-refractivity contribution is -0.141. The topological polar surface area (TPSA) is 75.4 Å². The second-order valence-electron chi connectivity index (χ2n) is 6.40. The third-order valence-electron chi connectivity index (χ3n) is 4.67. The summed E-state index contributed by atoms with van der Waals surface area (Å²) >= 11 is 5.91. The molecule has 7 heteroatoms. The monoisotopic (exact) mass is 361 g/mol. The molecule has 1 aliphatic heterocycles. The zero-order valence-corrected chi connectivity index (χ0v) is 15.0. The largest absolute Gasteiger partial charge is 0.481 e. The number of rotatable bonds is 4. The van der Waals surface area contributed by atoms with Crippen LogP contribution in [0.1, 0.15) is 33.7 Å². The summed E-state index contributed by atoms with van der Waals surface area (Å²) in [4.78, 5) is 25.6. The zero-order valence-electron chi connectivity index (χ0n) is 14.2. The molecular weight excluding hydrogens is 342 g/mol. The first-order valence-corrected chi connectivity index (χ1v) is 8.55. The number of hydrogen-bond donors (Lipinski definition) is 1. The Balaban J connectivity index is 1.81. The van der Waals surface area contributed by atoms with Crippen LogP contribution < -0.4 is 0 Å². The molecule has 1 aliphatic rings. The third kappa shape index (κ3) is 3.54. The minimum atomic E-state index is -0.845. The number of nitrogens with zero attached hydrogens (tertiary/aromatic N) is 3. The molecule has 25 heavy (non-hydrogen) atoms. The van der Waals surface area contributed by atoms with Gasteiger partial charge in [-0.05, 0) is 38.0 Å². The predicted molar refractivity (Wildman–Crippen MR) is 93.9 cm³/mol. The molecule has 0 unspecified atom stereocenters. The molecule has 0 spiro atoms. The van der Waals surface area contributed by atoms with E-state index in [1.165, 1.54) is 0 Å². The van der Waals surface area contributed by atoms with Crippen LogP contribution in [-0.4, -0.2) is 44.8 Å². The lowest BCUT2D eigenvalue weighted by Crippen LogP contribution is -2.30. The minimum Gasteiger partial charge on any atom is -0.481 e. The Morgan fingerprint density at radius 2 is 1.96 bits per heavy atom. The van der Waals surface area contributed by atoms with Crippen LogP contribution in [0.3, 0.4) is 0 Å². The van der Waals surface area contributed by atoms with E-state index in [2.05, 4.69) is 5.10 Å². The molecule has 1 amide bonds. The lowest BCUT2D eigenvalue weighted by atomic mass is 10.1. The Kier molecular flexibility index (Phi) is 4.81. The van der Waals surface area contributed by atoms with Gasteiger partial charge in [-0.1, -0.05) is 23.7 Å². The number of aromatic nitrogens is 2. The number of halogens is 1. The molecule has 1 aromatic heterocycles. The van der Waals surface area contributed by atoms with E-state index in [1.54, 1.807) is 9.58 Å². The standard InChI is InChI=1S/C18H20ClN3O3/c1-11-16(17(23)21-8-7-14(10-21)18(24)25)12(2)22(20-11)9-13-3-5-15(19)6-4-13/h3-6,14H,7-10H2,1-2H3,(H,24,25)/t14-/m0/s1. The van der Waals surface area contributed by atoms with Crippen LogP contribution in [0.15, 0.2) is 24.3 Å². The van der Waals surface area contributed by atoms with Gasteiger partial charge in [0, 0.05) is 23.8 Å². The third-order valence-corrected chi connectivity index (χ3v) is 4.92. The number of carboxylic acids is 1. The Morgan fingerprint density at radius 3 is 2.56 bits per heavy atom. The number of carboxylic acid groups (broad SMARTS) is 1. The average molecular weight is 362 g/mol. The van der Waals surface area contributed by atoms with Gasteiger partial charge in [-0.3, -0.25) is 14.3 Å². The summed E-state index contributed by atoms with van der Waals surface area (Å²) in [6, 6.07) is 7.51. The summed E-state index contributed by atoms with van der Waals surface area (Å²) in [7, 11) is 0. The fourth-order valence-corrected chi connectivity index (χ4v) is 3.35. The van der Waals surface area contributed by atoms with E-state index < -0.39 is 11.9 Å². The normalized spacial score (nSPS) is 17.1. The van der Waals surface area contributed by atoms with Gasteiger partial charge in [0.05, 0.1) is 23.7 Å². The van der Waals surface area contributed by atoms with Gasteiger partial charge in [0.25, 0.3) is 5.91 Å². The van der Waals surface area contributed by atoms with Gasteiger partial charge in [0.15, 0.2) is 0 Å². The number of carbonyl (C=O) groups is 2. The highest BCUT2D eigenvalue weighted by Gasteiger charge is 2.33. The SMILES string of the molecule is Cc1nn(Cc2ccc(Cl)cc2)c(C)c1C(=O)N1CC[C@H](C(=O)O)C1. The number of carbonyl (C=O) groups excluding carboxylic acids is 1. The van der Waals surface area contributed by atoms with E-state index in [-0.39, 0.29) is 12.5 Å². The zero-order chi connectivity index (χ0) is 18.1. The Labute approximate surface area is 151 Å². The molecule has 0 aliphatic carbocycles. The number of hydrogen-bond acceptors (Lipinski definition) is 3. The van der Waals surface area contributed by atoms with Crippen molar-refractivity contribution in [2.75, 3.05) is 13.1 Å². The lowest BCUT2D eigenvalue weighted by Gasteiger charge is -2.16. The van der Waals surface area contributed by atoms with Gasteiger partial charge in [-0.2, -0.15) is 5.10 Å². The van der Waals surface area contributed by atoms with Gasteiger partial charge in [0.1, 0.15) is 0 Å². The molecule has 1 saturated heterocycles. The smallest absolute Gasteiger partial charge is 0.308 e. The molecule has 1 N–H and O–H groups in total. The van der Waals surface area contributed by atoms with Gasteiger partial charge in [-0.15, -0.1) is 0 Å². The number of benzene rings is 1. The van der Waals surface area contributed by atoms with E-state index in [0.717, 1.165) is 11.3 Å². The molecule has 0 radical (unpaired) electrons. The molecule has 0 bridgehead atoms. The second-order valence-corrected chi connectivity index (χ2v) is 6.84. The van der Waals surface area contributed by atoms with Crippen molar-refractivity contribution in [3.05, 3.63) is 51.8 Å². The van der Waals surface area contributed by atoms with Crippen LogP contribution in [0.4, 0.5) is 0 Å². The molecule has 132 valence electrons. The molecule has 1 aromatic carbocycles. The summed E-state index contributed by atoms with van der Waals surface area (Å²) in [5, 5.41) is 14.3. The predicted octanol–water partition coefficient (Wildman–Crippen LogP) is 2.75. The molecule has 3 rings (SSSR count). The van der Waals surface area contributed by atoms with Gasteiger partial charge >= 0.3 is 5.97 Å². The summed E-state index contributed by atoms with van der Waals surface area (Å²) < 4.78 is 1.80. The highest BCUT2D eigenvalue weighted by atomic mass is 35.5. The second kappa shape index (κ2) is 6.88. The van der Waals surface area contributed by atoms with E-state index in [9.17, 15) is 9.59 Å². The maximum absolute atomic E-state index is 12.8. The Hall–Kier alpha value is -2.34. The Bertz CT molecular complexity index is 814. The van der Waals surface area contributed by atoms with Crippen molar-refractivity contribution in [3.63, 3.8) is 0 Å². The van der Waals surface area contributed by atoms with Crippen molar-refractivity contribution in [1.82, 2.24) is 14.7 Å². The summed E-state index contributed by atoms with van der Waals surface area (Å²) in [6.45, 7) is 4.96. The number of aliphatic carboxylic acids is 1. The number of aryl methyl sites for hydroxylation is 1. The van der Waals surface area contributed by atoms with Crippen molar-refractivity contribution < 1.29 is 14.7 Å². The first-order chi connectivity index (χ1) is 11.9. The van der Waals surface area contributed by atoms with Gasteiger partial charge in [0.2, 0.25) is 0 Å². The number of likely N-dealkylation sites (tertiary alicyclic amines) is 1. The summed E-state index contributed by atoms with van der Waals surface area (Å²) in [6.07, 6.45) is 0.498. The van der Waals surface area contributed by atoms with Crippen molar-refractivity contribution in [1.29, 1.82) is 0 Å². The van der Waals surface area contributed by atoms with Crippen LogP contribution in [0.25, 0.3) is 0 Å². The highest BCUT2D eigenvalue weighted by Crippen LogP contribution is 2.23. The van der Waals surface area contributed by atoms with Crippen LogP contribution in [0.2, 0.25) is 5.02 Å². The fourth-order valence-electron chi connectivity index (χ4n) is 3.23. The summed E-state index contributed by atoms with van der Waals surface area (Å²) in [5.41, 5.74) is 3.06. The maximum atomic E-state index is 12.8. The molecule has 0 saturated carbocycles. The van der Waals surface area contributed by atoms with E-state index in [0.29, 0.717) is 35.8 Å². The number of amides is 1. The Morgan fingerprint density at radius 1 is 1.28 bits per heavy atom. The molecular formula is C18H20ClN3O3. The van der Waals surface area contributed by atoms with Gasteiger partial charge < -0.3 is 10.0 Å². The first kappa shape index (κ1) is 17.5. The molecule has 6 nitrogen and oxygen atoms in total. The van der Waals surface area contributed by atoms with Crippen LogP contribution in [0.5, 0.6) is 0 Å². The fraction of sp³-hybridized carbons (Fsp3) is 0.389. The van der Waals surface area contributed by atoms with Crippen LogP contribution in [0, 0.1) is 19.8 Å². The van der Waals surface area contributed by atoms with Crippen LogP contribution in [-0.2, 0) is 11.3 Å². The molecule has 2 heterocycles. The first-order valence-electron chi connectivity index (χ1n) is 8.17. The van der Waals surface area contributed by atoms with Gasteiger partial charge in [-0.25, -0.2) is 0 Å². The molecule has 1 fully saturated rings. The van der Waals surface area contributed by atoms with Crippen molar-refractivity contribution >= 4 is 23.5 Å².